The smallest absolute Gasteiger partial charge is 0.261 e. The predicted molar refractivity (Wildman–Crippen MR) is 102 cm³/mol. The fourth-order valence-electron chi connectivity index (χ4n) is 2.55. The lowest BCUT2D eigenvalue weighted by Gasteiger charge is -2.25. The second kappa shape index (κ2) is 8.84. The van der Waals surface area contributed by atoms with E-state index in [-0.39, 0.29) is 42.6 Å². The van der Waals surface area contributed by atoms with Gasteiger partial charge < -0.3 is 14.1 Å². The number of carbonyl (C=O) groups excluding carboxylic acids is 1. The molecule has 0 bridgehead atoms. The van der Waals surface area contributed by atoms with E-state index in [2.05, 4.69) is 10.2 Å². The average Bonchev–Trinajstić information content (AvgIpc) is 3.13. The first-order valence-corrected chi connectivity index (χ1v) is 9.07. The maximum atomic E-state index is 13.2. The third-order valence-corrected chi connectivity index (χ3v) is 4.31. The molecule has 0 unspecified atom stereocenters. The Morgan fingerprint density at radius 3 is 2.71 bits per heavy atom. The van der Waals surface area contributed by atoms with Crippen LogP contribution in [0, 0.1) is 5.82 Å². The van der Waals surface area contributed by atoms with E-state index in [1.807, 2.05) is 19.9 Å². The van der Waals surface area contributed by atoms with E-state index >= 15 is 0 Å². The van der Waals surface area contributed by atoms with Crippen LogP contribution >= 0.6 is 11.6 Å². The number of rotatable bonds is 7. The van der Waals surface area contributed by atoms with Crippen molar-refractivity contribution in [3.63, 3.8) is 0 Å². The number of benzene rings is 2. The maximum Gasteiger partial charge on any atom is 0.261 e. The van der Waals surface area contributed by atoms with Crippen molar-refractivity contribution in [2.24, 2.45) is 0 Å². The zero-order valence-electron chi connectivity index (χ0n) is 15.4. The molecule has 2 aromatic carbocycles. The van der Waals surface area contributed by atoms with Gasteiger partial charge in [-0.2, -0.15) is 0 Å². The van der Waals surface area contributed by atoms with Gasteiger partial charge in [0, 0.05) is 12.1 Å². The first-order valence-electron chi connectivity index (χ1n) is 8.69. The van der Waals surface area contributed by atoms with Gasteiger partial charge in [-0.25, -0.2) is 4.39 Å². The lowest BCUT2D eigenvalue weighted by molar-refractivity contribution is -0.136. The Hall–Kier alpha value is -2.93. The molecular weight excluding hydrogens is 385 g/mol. The molecule has 0 fully saturated rings. The van der Waals surface area contributed by atoms with E-state index in [0.717, 1.165) is 0 Å². The lowest BCUT2D eigenvalue weighted by Crippen LogP contribution is -2.39. The monoisotopic (exact) mass is 403 g/mol. The van der Waals surface area contributed by atoms with E-state index in [9.17, 15) is 9.18 Å². The molecule has 1 aromatic heterocycles. The number of amides is 1. The van der Waals surface area contributed by atoms with Crippen LogP contribution in [0.15, 0.2) is 52.9 Å². The van der Waals surface area contributed by atoms with Crippen molar-refractivity contribution in [1.82, 2.24) is 15.1 Å². The second-order valence-corrected chi connectivity index (χ2v) is 6.75. The fraction of sp³-hybridized carbons (Fsp3) is 0.250. The summed E-state index contributed by atoms with van der Waals surface area (Å²) < 4.78 is 24.3. The van der Waals surface area contributed by atoms with Gasteiger partial charge in [0.15, 0.2) is 6.61 Å². The molecule has 0 atom stereocenters. The molecule has 6 nitrogen and oxygen atoms in total. The molecular formula is C20H19ClFN3O3. The lowest BCUT2D eigenvalue weighted by atomic mass is 10.2. The molecule has 1 heterocycles. The first-order chi connectivity index (χ1) is 13.4. The molecule has 8 heteroatoms. The SMILES string of the molecule is CC(C)N(Cc1nnc(-c2ccccc2Cl)o1)C(=O)COc1cccc(F)c1. The topological polar surface area (TPSA) is 68.5 Å². The molecule has 0 aliphatic heterocycles. The van der Waals surface area contributed by atoms with Gasteiger partial charge in [-0.1, -0.05) is 29.8 Å². The Bertz CT molecular complexity index is 961. The maximum absolute atomic E-state index is 13.2. The number of halogens is 2. The van der Waals surface area contributed by atoms with Crippen LogP contribution in [0.5, 0.6) is 5.75 Å². The third kappa shape index (κ3) is 4.86. The predicted octanol–water partition coefficient (Wildman–Crippen LogP) is 4.35. The molecule has 0 saturated carbocycles. The highest BCUT2D eigenvalue weighted by molar-refractivity contribution is 6.33. The van der Waals surface area contributed by atoms with Crippen LogP contribution in [0.3, 0.4) is 0 Å². The van der Waals surface area contributed by atoms with Crippen molar-refractivity contribution in [2.75, 3.05) is 6.61 Å². The largest absolute Gasteiger partial charge is 0.484 e. The van der Waals surface area contributed by atoms with Gasteiger partial charge in [0.2, 0.25) is 11.8 Å². The van der Waals surface area contributed by atoms with Crippen molar-refractivity contribution in [3.05, 3.63) is 65.3 Å². The average molecular weight is 404 g/mol. The summed E-state index contributed by atoms with van der Waals surface area (Å²) in [5, 5.41) is 8.52. The number of ether oxygens (including phenoxy) is 1. The summed E-state index contributed by atoms with van der Waals surface area (Å²) in [5.41, 5.74) is 0.625. The van der Waals surface area contributed by atoms with Gasteiger partial charge in [-0.15, -0.1) is 10.2 Å². The van der Waals surface area contributed by atoms with E-state index in [1.165, 1.54) is 18.2 Å². The van der Waals surface area contributed by atoms with E-state index in [4.69, 9.17) is 20.8 Å². The van der Waals surface area contributed by atoms with Crippen molar-refractivity contribution < 1.29 is 18.3 Å². The minimum atomic E-state index is -0.427. The van der Waals surface area contributed by atoms with Crippen molar-refractivity contribution in [2.45, 2.75) is 26.4 Å². The molecule has 3 rings (SSSR count). The summed E-state index contributed by atoms with van der Waals surface area (Å²) in [7, 11) is 0. The molecule has 0 aliphatic rings. The molecule has 0 saturated heterocycles. The van der Waals surface area contributed by atoms with Gasteiger partial charge >= 0.3 is 0 Å². The number of aromatic nitrogens is 2. The van der Waals surface area contributed by atoms with Gasteiger partial charge in [-0.3, -0.25) is 4.79 Å². The standard InChI is InChI=1S/C20H19ClFN3O3/c1-13(2)25(19(26)12-27-15-7-5-6-14(22)10-15)11-18-23-24-20(28-18)16-8-3-4-9-17(16)21/h3-10,13H,11-12H2,1-2H3. The fourth-order valence-corrected chi connectivity index (χ4v) is 2.77. The van der Waals surface area contributed by atoms with E-state index in [0.29, 0.717) is 10.6 Å². The zero-order valence-corrected chi connectivity index (χ0v) is 16.2. The number of carbonyl (C=O) groups is 1. The highest BCUT2D eigenvalue weighted by atomic mass is 35.5. The van der Waals surface area contributed by atoms with Crippen LogP contribution in [0.2, 0.25) is 5.02 Å². The number of hydrogen-bond donors (Lipinski definition) is 0. The summed E-state index contributed by atoms with van der Waals surface area (Å²) >= 11 is 6.15. The quantitative estimate of drug-likeness (QED) is 0.586. The highest BCUT2D eigenvalue weighted by Gasteiger charge is 2.21. The Morgan fingerprint density at radius 1 is 1.21 bits per heavy atom. The molecule has 146 valence electrons. The summed E-state index contributed by atoms with van der Waals surface area (Å²) in [5.74, 6) is 0.145. The Morgan fingerprint density at radius 2 is 2.00 bits per heavy atom. The molecule has 1 amide bonds. The molecule has 0 aliphatic carbocycles. The van der Waals surface area contributed by atoms with E-state index in [1.54, 1.807) is 29.2 Å². The normalized spacial score (nSPS) is 10.9. The Balaban J connectivity index is 1.68. The third-order valence-electron chi connectivity index (χ3n) is 3.98. The van der Waals surface area contributed by atoms with Gasteiger partial charge in [-0.05, 0) is 38.1 Å². The van der Waals surface area contributed by atoms with E-state index < -0.39 is 5.82 Å². The summed E-state index contributed by atoms with van der Waals surface area (Å²) in [6, 6.07) is 12.6. The van der Waals surface area contributed by atoms with Crippen molar-refractivity contribution >= 4 is 17.5 Å². The van der Waals surface area contributed by atoms with Crippen LogP contribution in [-0.4, -0.2) is 33.7 Å². The molecule has 0 N–H and O–H groups in total. The van der Waals surface area contributed by atoms with Crippen LogP contribution < -0.4 is 4.74 Å². The zero-order chi connectivity index (χ0) is 20.1. The van der Waals surface area contributed by atoms with Crippen molar-refractivity contribution in [1.29, 1.82) is 0 Å². The van der Waals surface area contributed by atoms with Gasteiger partial charge in [0.1, 0.15) is 11.6 Å². The van der Waals surface area contributed by atoms with Crippen LogP contribution in [0.25, 0.3) is 11.5 Å². The minimum absolute atomic E-state index is 0.125. The van der Waals surface area contributed by atoms with Gasteiger partial charge in [0.25, 0.3) is 5.91 Å². The second-order valence-electron chi connectivity index (χ2n) is 6.34. The first kappa shape index (κ1) is 19.8. The van der Waals surface area contributed by atoms with Crippen LogP contribution in [0.1, 0.15) is 19.7 Å². The molecule has 0 radical (unpaired) electrons. The Labute approximate surface area is 166 Å². The Kier molecular flexibility index (Phi) is 6.26. The summed E-state index contributed by atoms with van der Waals surface area (Å²) in [6.07, 6.45) is 0. The molecule has 28 heavy (non-hydrogen) atoms. The van der Waals surface area contributed by atoms with Crippen molar-refractivity contribution in [3.8, 4) is 17.2 Å². The highest BCUT2D eigenvalue weighted by Crippen LogP contribution is 2.26. The summed E-state index contributed by atoms with van der Waals surface area (Å²) in [6.45, 7) is 3.63. The van der Waals surface area contributed by atoms with Crippen LogP contribution in [0.4, 0.5) is 4.39 Å². The number of nitrogens with zero attached hydrogens (tertiary/aromatic N) is 3. The van der Waals surface area contributed by atoms with Gasteiger partial charge in [0.05, 0.1) is 17.1 Å². The summed E-state index contributed by atoms with van der Waals surface area (Å²) in [4.78, 5) is 14.1. The molecule has 0 spiro atoms. The van der Waals surface area contributed by atoms with Crippen LogP contribution in [-0.2, 0) is 11.3 Å². The number of hydrogen-bond acceptors (Lipinski definition) is 5. The minimum Gasteiger partial charge on any atom is -0.484 e. The molecule has 3 aromatic rings.